The minimum atomic E-state index is -2.09. The predicted octanol–water partition coefficient (Wildman–Crippen LogP) is 3.39. The molecule has 3 atom stereocenters. The van der Waals surface area contributed by atoms with Gasteiger partial charge in [0.15, 0.2) is 5.72 Å². The Balaban J connectivity index is 1.71. The van der Waals surface area contributed by atoms with Crippen LogP contribution in [0.5, 0.6) is 5.75 Å². The molecular formula is C28H21N3O7. The summed E-state index contributed by atoms with van der Waals surface area (Å²) >= 11 is 0. The van der Waals surface area contributed by atoms with Crippen LogP contribution in [0.15, 0.2) is 42.5 Å². The third-order valence-electron chi connectivity index (χ3n) is 8.45. The van der Waals surface area contributed by atoms with Gasteiger partial charge in [-0.2, -0.15) is 0 Å². The summed E-state index contributed by atoms with van der Waals surface area (Å²) in [4.78, 5) is 39.9. The number of esters is 1. The summed E-state index contributed by atoms with van der Waals surface area (Å²) in [5, 5.41) is 27.3. The Kier molecular flexibility index (Phi) is 3.72. The molecule has 3 aliphatic rings. The van der Waals surface area contributed by atoms with Crippen LogP contribution in [-0.4, -0.2) is 49.3 Å². The van der Waals surface area contributed by atoms with E-state index in [1.165, 1.54) is 12.1 Å². The first-order chi connectivity index (χ1) is 18.2. The third-order valence-corrected chi connectivity index (χ3v) is 8.45. The number of hydrogen-bond donors (Lipinski definition) is 3. The number of hydrogen-bond acceptors (Lipinski definition) is 7. The van der Waals surface area contributed by atoms with E-state index in [1.54, 1.807) is 24.5 Å². The van der Waals surface area contributed by atoms with Gasteiger partial charge in [0.1, 0.15) is 12.0 Å². The lowest BCUT2D eigenvalue weighted by atomic mass is 9.88. The summed E-state index contributed by atoms with van der Waals surface area (Å²) in [7, 11) is 0. The standard InChI is InChI=1S/C28H21N3O7/c1-3-37-26(35)28(36)11-17-30-15-7-5-4-6-13(15)18-20-21(25(34)29-24(20)33)19-14-10-12(32)8-9-16(14)31(23(19)22(18)30)27(28,2)38-17/h4-10,17,32,36H,3,11H2,1-2H3,(H,29,33,34)/t17-,27-,28-/m1/s1. The first-order valence-electron chi connectivity index (χ1n) is 12.4. The lowest BCUT2D eigenvalue weighted by Gasteiger charge is -2.37. The average molecular weight is 511 g/mol. The monoisotopic (exact) mass is 511 g/mol. The highest BCUT2D eigenvalue weighted by Gasteiger charge is 2.66. The zero-order chi connectivity index (χ0) is 26.3. The van der Waals surface area contributed by atoms with Crippen LogP contribution in [0.1, 0.15) is 47.2 Å². The van der Waals surface area contributed by atoms with Crippen LogP contribution in [0, 0.1) is 0 Å². The van der Waals surface area contributed by atoms with E-state index in [-0.39, 0.29) is 29.9 Å². The molecule has 5 heterocycles. The number of nitrogens with one attached hydrogen (secondary N) is 1. The SMILES string of the molecule is CCOC(=O)[C@]1(O)C[C@H]2O[C@@]1(C)n1c3ccc(O)cc3c3c4c(c5c6ccccc6n2c5c31)C(=O)NC4=O. The van der Waals surface area contributed by atoms with Crippen molar-refractivity contribution in [3.05, 3.63) is 53.6 Å². The van der Waals surface area contributed by atoms with Crippen LogP contribution < -0.4 is 5.32 Å². The maximum absolute atomic E-state index is 13.4. The third kappa shape index (κ3) is 2.14. The average Bonchev–Trinajstić information content (AvgIpc) is 3.54. The highest BCUT2D eigenvalue weighted by atomic mass is 16.6. The van der Waals surface area contributed by atoms with Gasteiger partial charge in [0, 0.05) is 28.0 Å². The number of fused-ring (bicyclic) bond motifs is 13. The molecule has 3 aromatic carbocycles. The van der Waals surface area contributed by atoms with Crippen molar-refractivity contribution < 1.29 is 34.1 Å². The zero-order valence-electron chi connectivity index (χ0n) is 20.4. The van der Waals surface area contributed by atoms with Crippen molar-refractivity contribution in [2.45, 2.75) is 37.8 Å². The van der Waals surface area contributed by atoms with E-state index >= 15 is 0 Å². The van der Waals surface area contributed by atoms with E-state index in [1.807, 2.05) is 28.8 Å². The molecule has 0 radical (unpaired) electrons. The second-order valence-electron chi connectivity index (χ2n) is 10.2. The minimum absolute atomic E-state index is 0.0382. The number of aliphatic hydroxyl groups is 1. The smallest absolute Gasteiger partial charge is 0.343 e. The maximum Gasteiger partial charge on any atom is 0.343 e. The van der Waals surface area contributed by atoms with Gasteiger partial charge in [-0.15, -0.1) is 0 Å². The van der Waals surface area contributed by atoms with Crippen molar-refractivity contribution in [1.82, 2.24) is 14.5 Å². The summed E-state index contributed by atoms with van der Waals surface area (Å²) in [5.41, 5.74) is -0.865. The summed E-state index contributed by atoms with van der Waals surface area (Å²) < 4.78 is 15.6. The Morgan fingerprint density at radius 2 is 1.79 bits per heavy atom. The Labute approximate surface area is 213 Å². The van der Waals surface area contributed by atoms with Gasteiger partial charge < -0.3 is 28.8 Å². The van der Waals surface area contributed by atoms with Gasteiger partial charge in [-0.3, -0.25) is 14.9 Å². The van der Waals surface area contributed by atoms with Crippen LogP contribution in [0.25, 0.3) is 43.6 Å². The van der Waals surface area contributed by atoms with Crippen molar-refractivity contribution in [1.29, 1.82) is 0 Å². The second kappa shape index (κ2) is 6.53. The molecular weight excluding hydrogens is 490 g/mol. The molecule has 1 fully saturated rings. The molecule has 5 aromatic rings. The second-order valence-corrected chi connectivity index (χ2v) is 10.2. The molecule has 10 nitrogen and oxygen atoms in total. The fourth-order valence-electron chi connectivity index (χ4n) is 6.93. The van der Waals surface area contributed by atoms with Gasteiger partial charge in [0.25, 0.3) is 11.8 Å². The summed E-state index contributed by atoms with van der Waals surface area (Å²) in [6.07, 6.45) is -0.887. The number of rotatable bonds is 2. The molecule has 1 saturated heterocycles. The minimum Gasteiger partial charge on any atom is -0.508 e. The number of phenolic OH excluding ortho intramolecular Hbond substituents is 1. The van der Waals surface area contributed by atoms with Crippen molar-refractivity contribution in [2.75, 3.05) is 6.61 Å². The van der Waals surface area contributed by atoms with E-state index in [2.05, 4.69) is 5.32 Å². The molecule has 38 heavy (non-hydrogen) atoms. The van der Waals surface area contributed by atoms with Crippen molar-refractivity contribution >= 4 is 61.4 Å². The molecule has 2 bridgehead atoms. The fraction of sp³-hybridized carbons (Fsp3) is 0.250. The fourth-order valence-corrected chi connectivity index (χ4v) is 6.93. The Bertz CT molecular complexity index is 1990. The van der Waals surface area contributed by atoms with Crippen LogP contribution in [0.4, 0.5) is 0 Å². The van der Waals surface area contributed by atoms with Crippen molar-refractivity contribution in [3.63, 3.8) is 0 Å². The number of phenols is 1. The highest BCUT2D eigenvalue weighted by Crippen LogP contribution is 2.58. The molecule has 3 aliphatic heterocycles. The summed E-state index contributed by atoms with van der Waals surface area (Å²) in [6.45, 7) is 3.37. The maximum atomic E-state index is 13.4. The normalized spacial score (nSPS) is 25.6. The number of para-hydroxylation sites is 1. The van der Waals surface area contributed by atoms with Crippen molar-refractivity contribution in [3.8, 4) is 5.75 Å². The molecule has 0 aliphatic carbocycles. The quantitative estimate of drug-likeness (QED) is 0.245. The Hall–Kier alpha value is -4.41. The molecule has 2 aromatic heterocycles. The van der Waals surface area contributed by atoms with Gasteiger partial charge in [-0.05, 0) is 38.1 Å². The zero-order valence-corrected chi connectivity index (χ0v) is 20.4. The molecule has 3 N–H and O–H groups in total. The molecule has 0 spiro atoms. The largest absolute Gasteiger partial charge is 0.508 e. The number of nitrogens with zero attached hydrogens (tertiary/aromatic N) is 2. The van der Waals surface area contributed by atoms with Crippen LogP contribution in [0.2, 0.25) is 0 Å². The van der Waals surface area contributed by atoms with Gasteiger partial charge in [-0.1, -0.05) is 18.2 Å². The topological polar surface area (TPSA) is 132 Å². The van der Waals surface area contributed by atoms with Gasteiger partial charge in [0.05, 0.1) is 39.8 Å². The lowest BCUT2D eigenvalue weighted by molar-refractivity contribution is -0.204. The number of carbonyl (C=O) groups excluding carboxylic acids is 3. The molecule has 8 rings (SSSR count). The van der Waals surface area contributed by atoms with Gasteiger partial charge in [0.2, 0.25) is 5.60 Å². The number of benzene rings is 3. The Morgan fingerprint density at radius 1 is 1.08 bits per heavy atom. The summed E-state index contributed by atoms with van der Waals surface area (Å²) in [5.74, 6) is -1.90. The number of ether oxygens (including phenoxy) is 2. The molecule has 0 unspecified atom stereocenters. The number of aromatic nitrogens is 2. The predicted molar refractivity (Wildman–Crippen MR) is 136 cm³/mol. The van der Waals surface area contributed by atoms with Gasteiger partial charge in [-0.25, -0.2) is 4.79 Å². The van der Waals surface area contributed by atoms with E-state index < -0.39 is 35.3 Å². The van der Waals surface area contributed by atoms with Gasteiger partial charge >= 0.3 is 5.97 Å². The first kappa shape index (κ1) is 21.7. The van der Waals surface area contributed by atoms with Crippen LogP contribution >= 0.6 is 0 Å². The highest BCUT2D eigenvalue weighted by molar-refractivity contribution is 6.39. The lowest BCUT2D eigenvalue weighted by Crippen LogP contribution is -2.56. The number of aromatic hydroxyl groups is 1. The Morgan fingerprint density at radius 3 is 2.53 bits per heavy atom. The number of carbonyl (C=O) groups is 3. The van der Waals surface area contributed by atoms with E-state index in [0.717, 1.165) is 10.9 Å². The van der Waals surface area contributed by atoms with Crippen LogP contribution in [-0.2, 0) is 20.0 Å². The van der Waals surface area contributed by atoms with Crippen molar-refractivity contribution in [2.24, 2.45) is 0 Å². The molecule has 2 amide bonds. The van der Waals surface area contributed by atoms with E-state index in [0.29, 0.717) is 32.7 Å². The number of imide groups is 1. The van der Waals surface area contributed by atoms with Crippen LogP contribution in [0.3, 0.4) is 0 Å². The van der Waals surface area contributed by atoms with E-state index in [4.69, 9.17) is 9.47 Å². The molecule has 190 valence electrons. The number of amides is 2. The molecule has 0 saturated carbocycles. The first-order valence-corrected chi connectivity index (χ1v) is 12.4. The van der Waals surface area contributed by atoms with E-state index in [9.17, 15) is 24.6 Å². The summed E-state index contributed by atoms with van der Waals surface area (Å²) in [6, 6.07) is 12.1. The molecule has 10 heteroatoms.